The maximum absolute atomic E-state index is 13.7. The molecule has 1 N–H and O–H groups in total. The van der Waals surface area contributed by atoms with E-state index in [-0.39, 0.29) is 29.5 Å². The minimum absolute atomic E-state index is 0.00156. The van der Waals surface area contributed by atoms with E-state index in [1.807, 2.05) is 31.2 Å². The highest BCUT2D eigenvalue weighted by Gasteiger charge is 2.34. The first-order chi connectivity index (χ1) is 13.0. The Balaban J connectivity index is 1.88. The summed E-state index contributed by atoms with van der Waals surface area (Å²) in [6.07, 6.45) is 0.648. The van der Waals surface area contributed by atoms with Crippen LogP contribution in [0.25, 0.3) is 0 Å². The molecule has 1 heterocycles. The average Bonchev–Trinajstić information content (AvgIpc) is 2.70. The molecule has 0 saturated carbocycles. The molecule has 0 spiro atoms. The molecule has 2 atom stereocenters. The lowest BCUT2D eigenvalue weighted by atomic mass is 9.83. The van der Waals surface area contributed by atoms with Crippen molar-refractivity contribution in [3.63, 3.8) is 0 Å². The van der Waals surface area contributed by atoms with E-state index in [1.165, 1.54) is 6.07 Å². The fraction of sp³-hybridized carbons (Fsp3) is 0.364. The minimum Gasteiger partial charge on any atom is -0.356 e. The zero-order chi connectivity index (χ0) is 19.4. The molecule has 1 fully saturated rings. The van der Waals surface area contributed by atoms with Gasteiger partial charge in [0.15, 0.2) is 0 Å². The van der Waals surface area contributed by atoms with Crippen molar-refractivity contribution >= 4 is 11.8 Å². The summed E-state index contributed by atoms with van der Waals surface area (Å²) < 4.78 is 13.7. The van der Waals surface area contributed by atoms with E-state index in [2.05, 4.69) is 5.32 Å². The number of piperidine rings is 1. The molecule has 0 radical (unpaired) electrons. The first-order valence-corrected chi connectivity index (χ1v) is 9.37. The Morgan fingerprint density at radius 1 is 1.15 bits per heavy atom. The first-order valence-electron chi connectivity index (χ1n) is 9.37. The van der Waals surface area contributed by atoms with Gasteiger partial charge in [-0.25, -0.2) is 4.39 Å². The average molecular weight is 368 g/mol. The van der Waals surface area contributed by atoms with E-state index in [0.29, 0.717) is 37.2 Å². The monoisotopic (exact) mass is 368 g/mol. The topological polar surface area (TPSA) is 49.4 Å². The van der Waals surface area contributed by atoms with Gasteiger partial charge in [0.2, 0.25) is 5.91 Å². The van der Waals surface area contributed by atoms with E-state index in [4.69, 9.17) is 0 Å². The van der Waals surface area contributed by atoms with Crippen molar-refractivity contribution in [2.75, 3.05) is 19.6 Å². The third-order valence-corrected chi connectivity index (χ3v) is 5.13. The second-order valence-corrected chi connectivity index (χ2v) is 7.11. The Hall–Kier alpha value is -2.69. The van der Waals surface area contributed by atoms with Crippen LogP contribution in [0.1, 0.15) is 40.7 Å². The Morgan fingerprint density at radius 2 is 1.89 bits per heavy atom. The number of nitrogens with one attached hydrogen (secondary N) is 1. The van der Waals surface area contributed by atoms with Crippen LogP contribution in [0.5, 0.6) is 0 Å². The predicted molar refractivity (Wildman–Crippen MR) is 103 cm³/mol. The number of amides is 2. The molecule has 5 heteroatoms. The number of rotatable bonds is 4. The number of carbonyl (C=O) groups is 2. The molecule has 2 aromatic rings. The maximum Gasteiger partial charge on any atom is 0.253 e. The van der Waals surface area contributed by atoms with Crippen molar-refractivity contribution in [2.45, 2.75) is 26.2 Å². The van der Waals surface area contributed by atoms with Gasteiger partial charge in [0, 0.05) is 31.1 Å². The Bertz CT molecular complexity index is 822. The van der Waals surface area contributed by atoms with Gasteiger partial charge in [-0.05, 0) is 49.6 Å². The molecule has 1 saturated heterocycles. The van der Waals surface area contributed by atoms with Crippen LogP contribution in [0.2, 0.25) is 0 Å². The van der Waals surface area contributed by atoms with Gasteiger partial charge in [0.25, 0.3) is 5.91 Å². The number of hydrogen-bond donors (Lipinski definition) is 1. The summed E-state index contributed by atoms with van der Waals surface area (Å²) in [6, 6.07) is 14.2. The van der Waals surface area contributed by atoms with Crippen LogP contribution in [0.3, 0.4) is 0 Å². The number of nitrogens with zero attached hydrogens (tertiary/aromatic N) is 1. The molecule has 0 aliphatic carbocycles. The van der Waals surface area contributed by atoms with Crippen LogP contribution >= 0.6 is 0 Å². The number of carbonyl (C=O) groups excluding carboxylic acids is 2. The predicted octanol–water partition coefficient (Wildman–Crippen LogP) is 3.52. The van der Waals surface area contributed by atoms with Crippen LogP contribution in [-0.2, 0) is 4.79 Å². The molecule has 1 aliphatic heterocycles. The van der Waals surface area contributed by atoms with Crippen molar-refractivity contribution in [1.82, 2.24) is 10.2 Å². The van der Waals surface area contributed by atoms with Crippen molar-refractivity contribution in [1.29, 1.82) is 0 Å². The molecule has 3 rings (SSSR count). The van der Waals surface area contributed by atoms with Gasteiger partial charge in [0.05, 0.1) is 5.92 Å². The van der Waals surface area contributed by atoms with Gasteiger partial charge in [-0.1, -0.05) is 30.3 Å². The second kappa shape index (κ2) is 8.33. The van der Waals surface area contributed by atoms with Gasteiger partial charge in [0.1, 0.15) is 5.82 Å². The number of benzene rings is 2. The van der Waals surface area contributed by atoms with E-state index in [1.54, 1.807) is 30.0 Å². The van der Waals surface area contributed by atoms with Gasteiger partial charge in [-0.2, -0.15) is 0 Å². The SMILES string of the molecule is CCNC(=O)[C@H]1C[C@H](c2ccc(F)c(C)c2)CN(C(=O)c2ccccc2)C1. The normalized spacial score (nSPS) is 19.6. The first kappa shape index (κ1) is 19.1. The summed E-state index contributed by atoms with van der Waals surface area (Å²) in [5.41, 5.74) is 2.16. The highest BCUT2D eigenvalue weighted by molar-refractivity contribution is 5.94. The molecule has 1 aliphatic rings. The largest absolute Gasteiger partial charge is 0.356 e. The van der Waals surface area contributed by atoms with Crippen molar-refractivity contribution < 1.29 is 14.0 Å². The number of halogens is 1. The molecule has 0 unspecified atom stereocenters. The molecule has 27 heavy (non-hydrogen) atoms. The Kier molecular flexibility index (Phi) is 5.89. The second-order valence-electron chi connectivity index (χ2n) is 7.11. The maximum atomic E-state index is 13.7. The van der Waals surface area contributed by atoms with Crippen molar-refractivity contribution in [3.05, 3.63) is 71.0 Å². The van der Waals surface area contributed by atoms with Crippen LogP contribution in [0, 0.1) is 18.7 Å². The molecule has 0 aromatic heterocycles. The zero-order valence-electron chi connectivity index (χ0n) is 15.7. The molecule has 4 nitrogen and oxygen atoms in total. The van der Waals surface area contributed by atoms with Gasteiger partial charge in [-0.3, -0.25) is 9.59 Å². The third kappa shape index (κ3) is 4.35. The van der Waals surface area contributed by atoms with E-state index in [0.717, 1.165) is 5.56 Å². The summed E-state index contributed by atoms with van der Waals surface area (Å²) in [7, 11) is 0. The third-order valence-electron chi connectivity index (χ3n) is 5.13. The smallest absolute Gasteiger partial charge is 0.253 e. The molecular weight excluding hydrogens is 343 g/mol. The highest BCUT2D eigenvalue weighted by Crippen LogP contribution is 2.32. The van der Waals surface area contributed by atoms with Crippen molar-refractivity contribution in [3.8, 4) is 0 Å². The van der Waals surface area contributed by atoms with E-state index in [9.17, 15) is 14.0 Å². The summed E-state index contributed by atoms with van der Waals surface area (Å²) in [4.78, 5) is 27.2. The van der Waals surface area contributed by atoms with Crippen LogP contribution in [0.15, 0.2) is 48.5 Å². The van der Waals surface area contributed by atoms with Gasteiger partial charge < -0.3 is 10.2 Å². The van der Waals surface area contributed by atoms with Gasteiger partial charge >= 0.3 is 0 Å². The summed E-state index contributed by atoms with van der Waals surface area (Å²) in [6.45, 7) is 5.09. The summed E-state index contributed by atoms with van der Waals surface area (Å²) >= 11 is 0. The lowest BCUT2D eigenvalue weighted by Gasteiger charge is -2.37. The summed E-state index contributed by atoms with van der Waals surface area (Å²) in [5.74, 6) is -0.632. The zero-order valence-corrected chi connectivity index (χ0v) is 15.7. The molecule has 0 bridgehead atoms. The highest BCUT2D eigenvalue weighted by atomic mass is 19.1. The van der Waals surface area contributed by atoms with Crippen LogP contribution in [0.4, 0.5) is 4.39 Å². The quantitative estimate of drug-likeness (QED) is 0.898. The lowest BCUT2D eigenvalue weighted by Crippen LogP contribution is -2.48. The number of hydrogen-bond acceptors (Lipinski definition) is 2. The number of aryl methyl sites for hydroxylation is 1. The fourth-order valence-electron chi connectivity index (χ4n) is 3.70. The van der Waals surface area contributed by atoms with Crippen molar-refractivity contribution in [2.24, 2.45) is 5.92 Å². The van der Waals surface area contributed by atoms with E-state index < -0.39 is 0 Å². The Morgan fingerprint density at radius 3 is 2.56 bits per heavy atom. The van der Waals surface area contributed by atoms with Crippen LogP contribution < -0.4 is 5.32 Å². The molecular formula is C22H25FN2O2. The number of likely N-dealkylation sites (tertiary alicyclic amines) is 1. The van der Waals surface area contributed by atoms with E-state index >= 15 is 0 Å². The summed E-state index contributed by atoms with van der Waals surface area (Å²) in [5, 5.41) is 2.87. The lowest BCUT2D eigenvalue weighted by molar-refractivity contribution is -0.126. The fourth-order valence-corrected chi connectivity index (χ4v) is 3.70. The Labute approximate surface area is 159 Å². The molecule has 2 aromatic carbocycles. The minimum atomic E-state index is -0.276. The molecule has 2 amide bonds. The van der Waals surface area contributed by atoms with Crippen LogP contribution in [-0.4, -0.2) is 36.3 Å². The molecule has 142 valence electrons. The van der Waals surface area contributed by atoms with Gasteiger partial charge in [-0.15, -0.1) is 0 Å². The standard InChI is InChI=1S/C22H25FN2O2/c1-3-24-21(26)19-12-18(17-9-10-20(23)15(2)11-17)13-25(14-19)22(27)16-7-5-4-6-8-16/h4-11,18-19H,3,12-14H2,1-2H3,(H,24,26)/t18-,19-/m0/s1.